The molecule has 0 aliphatic carbocycles. The molecule has 1 aromatic carbocycles. The van der Waals surface area contributed by atoms with Crippen LogP contribution in [0.25, 0.3) is 0 Å². The molecule has 1 N–H and O–H groups in total. The predicted octanol–water partition coefficient (Wildman–Crippen LogP) is 2.98. The standard InChI is InChI=1S/C13H12F2N2O/c1-18-13-5-10(14)2-3-12(13)17-7-9-4-11(15)8-16-6-9/h2-6,8,17H,7H2,1H3. The maximum atomic E-state index is 13.0. The molecule has 0 spiro atoms. The number of nitrogens with zero attached hydrogens (tertiary/aromatic N) is 1. The molecular formula is C13H12F2N2O. The molecule has 1 heterocycles. The molecule has 3 nitrogen and oxygen atoms in total. The van der Waals surface area contributed by atoms with Gasteiger partial charge < -0.3 is 10.1 Å². The fraction of sp³-hybridized carbons (Fsp3) is 0.154. The molecular weight excluding hydrogens is 238 g/mol. The van der Waals surface area contributed by atoms with Crippen molar-refractivity contribution in [3.63, 3.8) is 0 Å². The van der Waals surface area contributed by atoms with Gasteiger partial charge in [0, 0.05) is 18.8 Å². The van der Waals surface area contributed by atoms with Crippen molar-refractivity contribution in [2.45, 2.75) is 6.54 Å². The molecule has 2 aromatic rings. The molecule has 18 heavy (non-hydrogen) atoms. The first-order valence-electron chi connectivity index (χ1n) is 5.36. The van der Waals surface area contributed by atoms with Gasteiger partial charge in [-0.3, -0.25) is 4.98 Å². The molecule has 2 rings (SSSR count). The van der Waals surface area contributed by atoms with Gasteiger partial charge in [0.15, 0.2) is 0 Å². The summed E-state index contributed by atoms with van der Waals surface area (Å²) in [4.78, 5) is 3.75. The van der Waals surface area contributed by atoms with Crippen LogP contribution < -0.4 is 10.1 Å². The number of pyridine rings is 1. The molecule has 0 atom stereocenters. The number of nitrogens with one attached hydrogen (secondary N) is 1. The van der Waals surface area contributed by atoms with E-state index in [0.29, 0.717) is 23.5 Å². The number of methoxy groups -OCH3 is 1. The van der Waals surface area contributed by atoms with E-state index in [1.165, 1.54) is 25.3 Å². The Morgan fingerprint density at radius 3 is 2.72 bits per heavy atom. The maximum absolute atomic E-state index is 13.0. The minimum Gasteiger partial charge on any atom is -0.494 e. The van der Waals surface area contributed by atoms with E-state index in [1.54, 1.807) is 12.3 Å². The zero-order chi connectivity index (χ0) is 13.0. The highest BCUT2D eigenvalue weighted by atomic mass is 19.1. The van der Waals surface area contributed by atoms with Crippen LogP contribution in [0.15, 0.2) is 36.7 Å². The minimum atomic E-state index is -0.389. The zero-order valence-electron chi connectivity index (χ0n) is 9.78. The third-order valence-electron chi connectivity index (χ3n) is 2.41. The van der Waals surface area contributed by atoms with Crippen molar-refractivity contribution >= 4 is 5.69 Å². The first-order chi connectivity index (χ1) is 8.69. The normalized spacial score (nSPS) is 10.2. The third kappa shape index (κ3) is 2.94. The summed E-state index contributed by atoms with van der Waals surface area (Å²) in [5.41, 5.74) is 1.34. The lowest BCUT2D eigenvalue weighted by atomic mass is 10.2. The number of aromatic nitrogens is 1. The molecule has 1 aromatic heterocycles. The highest BCUT2D eigenvalue weighted by Crippen LogP contribution is 2.25. The molecule has 0 unspecified atom stereocenters. The Morgan fingerprint density at radius 2 is 2.00 bits per heavy atom. The van der Waals surface area contributed by atoms with E-state index in [4.69, 9.17) is 4.74 Å². The van der Waals surface area contributed by atoms with Crippen molar-refractivity contribution in [1.82, 2.24) is 4.98 Å². The van der Waals surface area contributed by atoms with E-state index < -0.39 is 0 Å². The molecule has 0 fully saturated rings. The summed E-state index contributed by atoms with van der Waals surface area (Å²) in [7, 11) is 1.46. The van der Waals surface area contributed by atoms with Gasteiger partial charge in [-0.2, -0.15) is 0 Å². The van der Waals surface area contributed by atoms with Crippen LogP contribution in [0.1, 0.15) is 5.56 Å². The Balaban J connectivity index is 2.10. The average Bonchev–Trinajstić information content (AvgIpc) is 2.37. The number of anilines is 1. The Kier molecular flexibility index (Phi) is 3.72. The lowest BCUT2D eigenvalue weighted by Gasteiger charge is -2.11. The lowest BCUT2D eigenvalue weighted by molar-refractivity contribution is 0.413. The third-order valence-corrected chi connectivity index (χ3v) is 2.41. The molecule has 0 saturated heterocycles. The number of rotatable bonds is 4. The quantitative estimate of drug-likeness (QED) is 0.905. The van der Waals surface area contributed by atoms with Gasteiger partial charge in [-0.1, -0.05) is 0 Å². The van der Waals surface area contributed by atoms with Crippen LogP contribution in [0.4, 0.5) is 14.5 Å². The summed E-state index contributed by atoms with van der Waals surface area (Å²) >= 11 is 0. The summed E-state index contributed by atoms with van der Waals surface area (Å²) in [6, 6.07) is 5.57. The summed E-state index contributed by atoms with van der Waals surface area (Å²) in [6.07, 6.45) is 2.70. The minimum absolute atomic E-state index is 0.371. The fourth-order valence-electron chi connectivity index (χ4n) is 1.56. The summed E-state index contributed by atoms with van der Waals surface area (Å²) in [5, 5.41) is 3.04. The van der Waals surface area contributed by atoms with Crippen LogP contribution in [0.2, 0.25) is 0 Å². The Hall–Kier alpha value is -2.17. The van der Waals surface area contributed by atoms with Crippen molar-refractivity contribution in [3.8, 4) is 5.75 Å². The predicted molar refractivity (Wildman–Crippen MR) is 64.5 cm³/mol. The van der Waals surface area contributed by atoms with Crippen LogP contribution in [0.3, 0.4) is 0 Å². The van der Waals surface area contributed by atoms with Crippen LogP contribution in [-0.4, -0.2) is 12.1 Å². The second kappa shape index (κ2) is 5.44. The van der Waals surface area contributed by atoms with Gasteiger partial charge in [-0.05, 0) is 23.8 Å². The van der Waals surface area contributed by atoms with Crippen LogP contribution in [-0.2, 0) is 6.54 Å². The van der Waals surface area contributed by atoms with Gasteiger partial charge in [0.25, 0.3) is 0 Å². The Bertz CT molecular complexity index is 546. The van der Waals surface area contributed by atoms with Gasteiger partial charge in [0.05, 0.1) is 19.0 Å². The highest BCUT2D eigenvalue weighted by Gasteiger charge is 2.04. The SMILES string of the molecule is COc1cc(F)ccc1NCc1cncc(F)c1. The number of halogens is 2. The van der Waals surface area contributed by atoms with E-state index in [1.807, 2.05) is 0 Å². The smallest absolute Gasteiger partial charge is 0.144 e. The number of ether oxygens (including phenoxy) is 1. The second-order valence-corrected chi connectivity index (χ2v) is 3.71. The average molecular weight is 250 g/mol. The van der Waals surface area contributed by atoms with Gasteiger partial charge in [0.2, 0.25) is 0 Å². The first kappa shape index (κ1) is 12.3. The van der Waals surface area contributed by atoms with Gasteiger partial charge in [-0.25, -0.2) is 8.78 Å². The zero-order valence-corrected chi connectivity index (χ0v) is 9.78. The van der Waals surface area contributed by atoms with Crippen LogP contribution in [0.5, 0.6) is 5.75 Å². The van der Waals surface area contributed by atoms with E-state index in [2.05, 4.69) is 10.3 Å². The second-order valence-electron chi connectivity index (χ2n) is 3.71. The number of hydrogen-bond donors (Lipinski definition) is 1. The largest absolute Gasteiger partial charge is 0.494 e. The van der Waals surface area contributed by atoms with Crippen molar-refractivity contribution in [2.75, 3.05) is 12.4 Å². The maximum Gasteiger partial charge on any atom is 0.144 e. The van der Waals surface area contributed by atoms with Crippen molar-refractivity contribution in [3.05, 3.63) is 53.9 Å². The van der Waals surface area contributed by atoms with Gasteiger partial charge in [-0.15, -0.1) is 0 Å². The van der Waals surface area contributed by atoms with Crippen molar-refractivity contribution in [2.24, 2.45) is 0 Å². The van der Waals surface area contributed by atoms with Gasteiger partial charge in [0.1, 0.15) is 17.4 Å². The Labute approximate surface area is 103 Å². The van der Waals surface area contributed by atoms with Crippen LogP contribution in [0, 0.1) is 11.6 Å². The van der Waals surface area contributed by atoms with Gasteiger partial charge >= 0.3 is 0 Å². The molecule has 0 aliphatic heterocycles. The van der Waals surface area contributed by atoms with Crippen molar-refractivity contribution < 1.29 is 13.5 Å². The molecule has 0 bridgehead atoms. The summed E-state index contributed by atoms with van der Waals surface area (Å²) in [6.45, 7) is 0.382. The Morgan fingerprint density at radius 1 is 1.17 bits per heavy atom. The molecule has 0 radical (unpaired) electrons. The molecule has 94 valence electrons. The monoisotopic (exact) mass is 250 g/mol. The number of hydrogen-bond acceptors (Lipinski definition) is 3. The highest BCUT2D eigenvalue weighted by molar-refractivity contribution is 5.56. The fourth-order valence-corrected chi connectivity index (χ4v) is 1.56. The number of benzene rings is 1. The summed E-state index contributed by atoms with van der Waals surface area (Å²) < 4.78 is 31.0. The molecule has 5 heteroatoms. The topological polar surface area (TPSA) is 34.1 Å². The molecule has 0 saturated carbocycles. The lowest BCUT2D eigenvalue weighted by Crippen LogP contribution is -2.02. The van der Waals surface area contributed by atoms with E-state index in [9.17, 15) is 8.78 Å². The van der Waals surface area contributed by atoms with Crippen LogP contribution >= 0.6 is 0 Å². The van der Waals surface area contributed by atoms with E-state index in [-0.39, 0.29) is 11.6 Å². The first-order valence-corrected chi connectivity index (χ1v) is 5.36. The van der Waals surface area contributed by atoms with E-state index in [0.717, 1.165) is 6.20 Å². The summed E-state index contributed by atoms with van der Waals surface area (Å²) in [5.74, 6) is -0.357. The molecule has 0 aliphatic rings. The molecule has 0 amide bonds. The van der Waals surface area contributed by atoms with Crippen molar-refractivity contribution in [1.29, 1.82) is 0 Å². The van der Waals surface area contributed by atoms with E-state index >= 15 is 0 Å².